The summed E-state index contributed by atoms with van der Waals surface area (Å²) in [5.41, 5.74) is -0.394. The fraction of sp³-hybridized carbons (Fsp3) is 0.667. The van der Waals surface area contributed by atoms with Crippen LogP contribution in [0.3, 0.4) is 0 Å². The molecule has 0 spiro atoms. The van der Waals surface area contributed by atoms with E-state index in [4.69, 9.17) is 5.11 Å². The standard InChI is InChI=1S/C3H5O2PS/c1-2(6-7)3(4)5/h2H,1H3,(H,4,5). The minimum absolute atomic E-state index is 0.394. The number of carbonyl (C=O) groups is 1. The number of carboxylic acids is 1. The summed E-state index contributed by atoms with van der Waals surface area (Å²) in [7, 11) is 0.506. The number of carboxylic acid groups (broad SMARTS) is 1. The summed E-state index contributed by atoms with van der Waals surface area (Å²) in [6, 6.07) is 0. The van der Waals surface area contributed by atoms with E-state index in [1.165, 1.54) is 0 Å². The maximum atomic E-state index is 9.86. The number of rotatable bonds is 2. The Labute approximate surface area is 48.4 Å². The molecule has 0 aromatic heterocycles. The third-order valence-electron chi connectivity index (χ3n) is 0.516. The van der Waals surface area contributed by atoms with Crippen molar-refractivity contribution in [1.82, 2.24) is 0 Å². The second kappa shape index (κ2) is 3.05. The SMILES string of the molecule is CC(P=S)C(=O)O. The first-order chi connectivity index (χ1) is 3.18. The Morgan fingerprint density at radius 1 is 2.00 bits per heavy atom. The zero-order valence-corrected chi connectivity index (χ0v) is 5.50. The monoisotopic (exact) mass is 136 g/mol. The van der Waals surface area contributed by atoms with Gasteiger partial charge in [0.15, 0.2) is 0 Å². The molecule has 40 valence electrons. The van der Waals surface area contributed by atoms with E-state index in [-0.39, 0.29) is 0 Å². The number of hydrogen-bond acceptors (Lipinski definition) is 2. The Hall–Kier alpha value is -0.0100. The lowest BCUT2D eigenvalue weighted by atomic mass is 10.5. The molecular weight excluding hydrogens is 131 g/mol. The molecule has 0 saturated heterocycles. The Morgan fingerprint density at radius 2 is 2.43 bits per heavy atom. The molecule has 0 fully saturated rings. The first kappa shape index (κ1) is 6.99. The molecule has 1 N–H and O–H groups in total. The van der Waals surface area contributed by atoms with Crippen LogP contribution in [-0.2, 0) is 16.6 Å². The quantitative estimate of drug-likeness (QED) is 0.572. The van der Waals surface area contributed by atoms with Gasteiger partial charge in [-0.15, -0.1) is 0 Å². The highest BCUT2D eigenvalue weighted by Crippen LogP contribution is 2.03. The molecule has 0 aliphatic heterocycles. The molecule has 0 aliphatic rings. The van der Waals surface area contributed by atoms with E-state index in [9.17, 15) is 4.79 Å². The molecule has 1 unspecified atom stereocenters. The summed E-state index contributed by atoms with van der Waals surface area (Å²) in [6.45, 7) is 1.58. The van der Waals surface area contributed by atoms with Gasteiger partial charge < -0.3 is 5.11 Å². The predicted octanol–water partition coefficient (Wildman–Crippen LogP) is 0.868. The van der Waals surface area contributed by atoms with Crippen LogP contribution in [0.5, 0.6) is 0 Å². The van der Waals surface area contributed by atoms with Gasteiger partial charge in [-0.1, -0.05) is 11.8 Å². The van der Waals surface area contributed by atoms with E-state index in [2.05, 4.69) is 11.8 Å². The molecule has 0 aromatic rings. The van der Waals surface area contributed by atoms with Crippen LogP contribution < -0.4 is 0 Å². The molecule has 2 nitrogen and oxygen atoms in total. The third kappa shape index (κ3) is 2.66. The number of aliphatic carboxylic acids is 1. The van der Waals surface area contributed by atoms with Crippen molar-refractivity contribution < 1.29 is 9.90 Å². The molecule has 0 amide bonds. The molecule has 0 rings (SSSR count). The first-order valence-corrected chi connectivity index (χ1v) is 3.71. The van der Waals surface area contributed by atoms with Gasteiger partial charge in [0.1, 0.15) is 5.66 Å². The fourth-order valence-corrected chi connectivity index (χ4v) is 0.406. The van der Waals surface area contributed by atoms with Crippen molar-refractivity contribution in [1.29, 1.82) is 0 Å². The van der Waals surface area contributed by atoms with Crippen molar-refractivity contribution in [2.24, 2.45) is 0 Å². The van der Waals surface area contributed by atoms with E-state index in [0.717, 1.165) is 0 Å². The van der Waals surface area contributed by atoms with Crippen LogP contribution >= 0.6 is 7.36 Å². The van der Waals surface area contributed by atoms with Gasteiger partial charge in [0.2, 0.25) is 0 Å². The zero-order chi connectivity index (χ0) is 5.86. The van der Waals surface area contributed by atoms with Crippen LogP contribution in [0.4, 0.5) is 0 Å². The lowest BCUT2D eigenvalue weighted by Crippen LogP contribution is -2.07. The van der Waals surface area contributed by atoms with Gasteiger partial charge in [-0.3, -0.25) is 4.79 Å². The summed E-state index contributed by atoms with van der Waals surface area (Å²) in [4.78, 5) is 9.86. The van der Waals surface area contributed by atoms with Crippen LogP contribution in [0.25, 0.3) is 0 Å². The highest BCUT2D eigenvalue weighted by molar-refractivity contribution is 7.97. The van der Waals surface area contributed by atoms with Gasteiger partial charge in [0.05, 0.1) is 0 Å². The van der Waals surface area contributed by atoms with Crippen molar-refractivity contribution in [3.63, 3.8) is 0 Å². The van der Waals surface area contributed by atoms with Crippen molar-refractivity contribution in [2.45, 2.75) is 12.6 Å². The minimum Gasteiger partial charge on any atom is -0.481 e. The minimum atomic E-state index is -0.823. The van der Waals surface area contributed by atoms with Crippen molar-refractivity contribution >= 4 is 25.1 Å². The summed E-state index contributed by atoms with van der Waals surface area (Å²) in [5, 5.41) is 8.11. The maximum absolute atomic E-state index is 9.86. The van der Waals surface area contributed by atoms with Crippen LogP contribution in [0.1, 0.15) is 6.92 Å². The second-order valence-electron chi connectivity index (χ2n) is 1.12. The molecule has 0 aliphatic carbocycles. The molecule has 4 heteroatoms. The largest absolute Gasteiger partial charge is 0.481 e. The van der Waals surface area contributed by atoms with E-state index < -0.39 is 11.6 Å². The van der Waals surface area contributed by atoms with Gasteiger partial charge in [0.25, 0.3) is 0 Å². The van der Waals surface area contributed by atoms with Gasteiger partial charge in [-0.2, -0.15) is 0 Å². The van der Waals surface area contributed by atoms with E-state index in [1.54, 1.807) is 6.92 Å². The highest BCUT2D eigenvalue weighted by Gasteiger charge is 2.04. The average molecular weight is 136 g/mol. The molecule has 0 heterocycles. The molecule has 0 bridgehead atoms. The maximum Gasteiger partial charge on any atom is 0.315 e. The Bertz CT molecular complexity index is 92.9. The van der Waals surface area contributed by atoms with Crippen molar-refractivity contribution in [3.8, 4) is 0 Å². The summed E-state index contributed by atoms with van der Waals surface area (Å²) < 4.78 is 0. The lowest BCUT2D eigenvalue weighted by Gasteiger charge is -1.89. The molecule has 7 heavy (non-hydrogen) atoms. The zero-order valence-electron chi connectivity index (χ0n) is 3.79. The normalized spacial score (nSPS) is 13.9. The molecule has 1 atom stereocenters. The second-order valence-corrected chi connectivity index (χ2v) is 2.74. The van der Waals surface area contributed by atoms with Gasteiger partial charge in [0, 0.05) is 0 Å². The van der Waals surface area contributed by atoms with Gasteiger partial charge in [-0.05, 0) is 14.3 Å². The van der Waals surface area contributed by atoms with E-state index in [1.807, 2.05) is 0 Å². The topological polar surface area (TPSA) is 37.3 Å². The third-order valence-corrected chi connectivity index (χ3v) is 2.00. The van der Waals surface area contributed by atoms with Crippen molar-refractivity contribution in [3.05, 3.63) is 0 Å². The van der Waals surface area contributed by atoms with Gasteiger partial charge in [-0.25, -0.2) is 0 Å². The first-order valence-electron chi connectivity index (χ1n) is 1.73. The Kier molecular flexibility index (Phi) is 3.05. The lowest BCUT2D eigenvalue weighted by molar-refractivity contribution is -0.136. The van der Waals surface area contributed by atoms with Crippen LogP contribution in [0, 0.1) is 0 Å². The van der Waals surface area contributed by atoms with Crippen molar-refractivity contribution in [2.75, 3.05) is 0 Å². The van der Waals surface area contributed by atoms with Crippen LogP contribution in [0.15, 0.2) is 0 Å². The molecule has 0 saturated carbocycles. The van der Waals surface area contributed by atoms with E-state index >= 15 is 0 Å². The van der Waals surface area contributed by atoms with Crippen LogP contribution in [-0.4, -0.2) is 16.7 Å². The fourth-order valence-electron chi connectivity index (χ4n) is 0.0451. The summed E-state index contributed by atoms with van der Waals surface area (Å²) in [6.07, 6.45) is 0. The van der Waals surface area contributed by atoms with Crippen LogP contribution in [0.2, 0.25) is 0 Å². The molecular formula is C3H5O2PS. The Balaban J connectivity index is 3.55. The molecule has 0 aromatic carbocycles. The number of hydrogen-bond donors (Lipinski definition) is 1. The summed E-state index contributed by atoms with van der Waals surface area (Å²) >= 11 is 4.44. The highest BCUT2D eigenvalue weighted by atomic mass is 32.4. The average Bonchev–Trinajstić information content (AvgIpc) is 1.65. The smallest absolute Gasteiger partial charge is 0.315 e. The predicted molar refractivity (Wildman–Crippen MR) is 31.4 cm³/mol. The van der Waals surface area contributed by atoms with Gasteiger partial charge >= 0.3 is 5.97 Å². The van der Waals surface area contributed by atoms with E-state index in [0.29, 0.717) is 7.36 Å². The molecule has 0 radical (unpaired) electrons. The summed E-state index contributed by atoms with van der Waals surface area (Å²) in [5.74, 6) is -0.823. The Morgan fingerprint density at radius 3 is 2.43 bits per heavy atom.